The molecule has 0 spiro atoms. The second-order valence-corrected chi connectivity index (χ2v) is 4.11. The molecule has 0 aliphatic carbocycles. The van der Waals surface area contributed by atoms with Gasteiger partial charge in [-0.15, -0.1) is 0 Å². The average Bonchev–Trinajstić information content (AvgIpc) is 2.39. The Hall–Kier alpha value is -1.55. The lowest BCUT2D eigenvalue weighted by atomic mass is 10.1. The van der Waals surface area contributed by atoms with Gasteiger partial charge in [0.05, 0.1) is 0 Å². The van der Waals surface area contributed by atoms with E-state index < -0.39 is 0 Å². The first-order valence-electron chi connectivity index (χ1n) is 6.35. The van der Waals surface area contributed by atoms with Crippen LogP contribution in [0, 0.1) is 0 Å². The zero-order chi connectivity index (χ0) is 13.2. The molecule has 1 amide bonds. The van der Waals surface area contributed by atoms with Crippen LogP contribution in [0.1, 0.15) is 25.3 Å². The van der Waals surface area contributed by atoms with E-state index in [4.69, 9.17) is 9.84 Å². The highest BCUT2D eigenvalue weighted by atomic mass is 16.5. The summed E-state index contributed by atoms with van der Waals surface area (Å²) < 4.78 is 5.36. The van der Waals surface area contributed by atoms with E-state index in [1.54, 1.807) is 0 Å². The first-order chi connectivity index (χ1) is 8.76. The van der Waals surface area contributed by atoms with Gasteiger partial charge in [0.25, 0.3) is 5.91 Å². The Bertz CT molecular complexity index is 349. The molecule has 18 heavy (non-hydrogen) atoms. The number of amides is 1. The quantitative estimate of drug-likeness (QED) is 0.689. The highest BCUT2D eigenvalue weighted by Gasteiger charge is 2.01. The van der Waals surface area contributed by atoms with Crippen LogP contribution < -0.4 is 10.1 Å². The highest BCUT2D eigenvalue weighted by Crippen LogP contribution is 2.13. The Morgan fingerprint density at radius 2 is 2.06 bits per heavy atom. The van der Waals surface area contributed by atoms with Gasteiger partial charge in [-0.3, -0.25) is 4.79 Å². The second kappa shape index (κ2) is 8.53. The van der Waals surface area contributed by atoms with Gasteiger partial charge < -0.3 is 15.2 Å². The number of rotatable bonds is 8. The van der Waals surface area contributed by atoms with E-state index in [0.717, 1.165) is 12.8 Å². The van der Waals surface area contributed by atoms with E-state index in [2.05, 4.69) is 12.2 Å². The van der Waals surface area contributed by atoms with Crippen molar-refractivity contribution in [2.75, 3.05) is 19.8 Å². The van der Waals surface area contributed by atoms with E-state index in [1.807, 2.05) is 24.3 Å². The van der Waals surface area contributed by atoms with E-state index in [9.17, 15) is 4.79 Å². The minimum Gasteiger partial charge on any atom is -0.484 e. The number of aryl methyl sites for hydroxylation is 1. The van der Waals surface area contributed by atoms with Crippen molar-refractivity contribution in [1.82, 2.24) is 5.32 Å². The number of aliphatic hydroxyl groups is 1. The maximum atomic E-state index is 11.3. The summed E-state index contributed by atoms with van der Waals surface area (Å²) in [6, 6.07) is 7.79. The van der Waals surface area contributed by atoms with Crippen molar-refractivity contribution in [2.24, 2.45) is 0 Å². The fourth-order valence-corrected chi connectivity index (χ4v) is 1.55. The maximum absolute atomic E-state index is 11.3. The first-order valence-corrected chi connectivity index (χ1v) is 6.35. The fraction of sp³-hybridized carbons (Fsp3) is 0.500. The summed E-state index contributed by atoms with van der Waals surface area (Å²) in [5.41, 5.74) is 1.28. The van der Waals surface area contributed by atoms with Crippen LogP contribution in [-0.4, -0.2) is 30.8 Å². The van der Waals surface area contributed by atoms with Gasteiger partial charge in [0, 0.05) is 13.2 Å². The number of hydrogen-bond donors (Lipinski definition) is 2. The van der Waals surface area contributed by atoms with Gasteiger partial charge >= 0.3 is 0 Å². The van der Waals surface area contributed by atoms with Gasteiger partial charge in [-0.2, -0.15) is 0 Å². The lowest BCUT2D eigenvalue weighted by molar-refractivity contribution is -0.123. The van der Waals surface area contributed by atoms with Gasteiger partial charge in [0.1, 0.15) is 5.75 Å². The molecule has 0 saturated heterocycles. The predicted molar refractivity (Wildman–Crippen MR) is 70.6 cm³/mol. The molecule has 1 rings (SSSR count). The molecule has 0 unspecified atom stereocenters. The predicted octanol–water partition coefficient (Wildman–Crippen LogP) is 1.52. The van der Waals surface area contributed by atoms with Crippen molar-refractivity contribution in [2.45, 2.75) is 26.2 Å². The van der Waals surface area contributed by atoms with Crippen LogP contribution in [0.3, 0.4) is 0 Å². The molecule has 0 heterocycles. The molecule has 2 N–H and O–H groups in total. The molecular weight excluding hydrogens is 230 g/mol. The van der Waals surface area contributed by atoms with E-state index >= 15 is 0 Å². The monoisotopic (exact) mass is 251 g/mol. The molecule has 4 heteroatoms. The Morgan fingerprint density at radius 3 is 2.67 bits per heavy atom. The Kier molecular flexibility index (Phi) is 6.87. The van der Waals surface area contributed by atoms with Crippen LogP contribution in [0.15, 0.2) is 24.3 Å². The Morgan fingerprint density at radius 1 is 1.33 bits per heavy atom. The molecule has 4 nitrogen and oxygen atoms in total. The third kappa shape index (κ3) is 5.68. The van der Waals surface area contributed by atoms with Gasteiger partial charge in [-0.05, 0) is 30.5 Å². The number of ether oxygens (including phenoxy) is 1. The van der Waals surface area contributed by atoms with Crippen LogP contribution in [0.2, 0.25) is 0 Å². The molecule has 0 fully saturated rings. The van der Waals surface area contributed by atoms with Gasteiger partial charge in [-0.1, -0.05) is 25.5 Å². The number of aliphatic hydroxyl groups excluding tert-OH is 1. The van der Waals surface area contributed by atoms with Crippen molar-refractivity contribution in [3.63, 3.8) is 0 Å². The van der Waals surface area contributed by atoms with Gasteiger partial charge in [0.15, 0.2) is 6.61 Å². The molecule has 0 aliphatic rings. The fourth-order valence-electron chi connectivity index (χ4n) is 1.55. The Labute approximate surface area is 108 Å². The molecular formula is C14H21NO3. The summed E-state index contributed by atoms with van der Waals surface area (Å²) in [4.78, 5) is 11.3. The summed E-state index contributed by atoms with van der Waals surface area (Å²) in [6.07, 6.45) is 2.74. The maximum Gasteiger partial charge on any atom is 0.257 e. The average molecular weight is 251 g/mol. The molecule has 1 aromatic rings. The largest absolute Gasteiger partial charge is 0.484 e. The van der Waals surface area contributed by atoms with Crippen molar-refractivity contribution in [3.05, 3.63) is 29.8 Å². The molecule has 0 atom stereocenters. The number of carbonyl (C=O) groups excluding carboxylic acids is 1. The van der Waals surface area contributed by atoms with Crippen molar-refractivity contribution >= 4 is 5.91 Å². The minimum atomic E-state index is -0.166. The van der Waals surface area contributed by atoms with Crippen molar-refractivity contribution in [1.29, 1.82) is 0 Å². The molecule has 1 aromatic carbocycles. The van der Waals surface area contributed by atoms with Crippen LogP contribution in [0.4, 0.5) is 0 Å². The zero-order valence-electron chi connectivity index (χ0n) is 10.8. The molecule has 0 radical (unpaired) electrons. The zero-order valence-corrected chi connectivity index (χ0v) is 10.8. The van der Waals surface area contributed by atoms with Gasteiger partial charge in [0.2, 0.25) is 0 Å². The third-order valence-electron chi connectivity index (χ3n) is 2.49. The molecule has 0 aromatic heterocycles. The number of nitrogens with one attached hydrogen (secondary N) is 1. The Balaban J connectivity index is 2.27. The highest BCUT2D eigenvalue weighted by molar-refractivity contribution is 5.77. The lowest BCUT2D eigenvalue weighted by Gasteiger charge is -2.07. The van der Waals surface area contributed by atoms with Crippen molar-refractivity contribution in [3.8, 4) is 5.75 Å². The summed E-state index contributed by atoms with van der Waals surface area (Å²) in [5, 5.41) is 11.2. The number of benzene rings is 1. The number of carbonyl (C=O) groups is 1. The SMILES string of the molecule is CCCc1ccc(OCC(=O)NCCCO)cc1. The van der Waals surface area contributed by atoms with Gasteiger partial charge in [-0.25, -0.2) is 0 Å². The first kappa shape index (κ1) is 14.5. The van der Waals surface area contributed by atoms with Crippen LogP contribution >= 0.6 is 0 Å². The second-order valence-electron chi connectivity index (χ2n) is 4.11. The molecule has 0 saturated carbocycles. The molecule has 0 bridgehead atoms. The summed E-state index contributed by atoms with van der Waals surface area (Å²) in [6.45, 7) is 2.72. The van der Waals surface area contributed by atoms with Crippen LogP contribution in [0.25, 0.3) is 0 Å². The minimum absolute atomic E-state index is 0.0125. The third-order valence-corrected chi connectivity index (χ3v) is 2.49. The normalized spacial score (nSPS) is 10.1. The standard InChI is InChI=1S/C14H21NO3/c1-2-4-12-5-7-13(8-6-12)18-11-14(17)15-9-3-10-16/h5-8,16H,2-4,9-11H2,1H3,(H,15,17). The summed E-state index contributed by atoms with van der Waals surface area (Å²) in [7, 11) is 0. The van der Waals surface area contributed by atoms with Crippen LogP contribution in [-0.2, 0) is 11.2 Å². The smallest absolute Gasteiger partial charge is 0.257 e. The van der Waals surface area contributed by atoms with Crippen LogP contribution in [0.5, 0.6) is 5.75 Å². The van der Waals surface area contributed by atoms with E-state index in [1.165, 1.54) is 5.56 Å². The molecule has 100 valence electrons. The number of hydrogen-bond acceptors (Lipinski definition) is 3. The summed E-state index contributed by atoms with van der Waals surface area (Å²) >= 11 is 0. The van der Waals surface area contributed by atoms with E-state index in [0.29, 0.717) is 18.7 Å². The lowest BCUT2D eigenvalue weighted by Crippen LogP contribution is -2.30. The summed E-state index contributed by atoms with van der Waals surface area (Å²) in [5.74, 6) is 0.535. The van der Waals surface area contributed by atoms with E-state index in [-0.39, 0.29) is 19.1 Å². The topological polar surface area (TPSA) is 58.6 Å². The van der Waals surface area contributed by atoms with Crippen molar-refractivity contribution < 1.29 is 14.6 Å². The molecule has 0 aliphatic heterocycles.